The van der Waals surface area contributed by atoms with Crippen LogP contribution in [0.2, 0.25) is 0 Å². The Kier molecular flexibility index (Phi) is 4.46. The van der Waals surface area contributed by atoms with Gasteiger partial charge in [-0.05, 0) is 32.4 Å². The summed E-state index contributed by atoms with van der Waals surface area (Å²) in [4.78, 5) is 21.7. The lowest BCUT2D eigenvalue weighted by molar-refractivity contribution is -0.117. The van der Waals surface area contributed by atoms with E-state index in [0.717, 1.165) is 39.7 Å². The molecular weight excluding hydrogens is 356 g/mol. The molecule has 0 atom stereocenters. The van der Waals surface area contributed by atoms with E-state index in [4.69, 9.17) is 4.74 Å². The van der Waals surface area contributed by atoms with Gasteiger partial charge in [-0.1, -0.05) is 6.07 Å². The van der Waals surface area contributed by atoms with Crippen molar-refractivity contribution in [3.05, 3.63) is 58.2 Å². The Balaban J connectivity index is 1.68. The van der Waals surface area contributed by atoms with Gasteiger partial charge in [0.15, 0.2) is 5.65 Å². The van der Waals surface area contributed by atoms with E-state index in [1.165, 1.54) is 0 Å². The van der Waals surface area contributed by atoms with Gasteiger partial charge in [0.25, 0.3) is 5.91 Å². The Hall–Kier alpha value is -3.42. The number of carbonyl (C=O) groups excluding carboxylic acids is 1. The lowest BCUT2D eigenvalue weighted by atomic mass is 10.0. The summed E-state index contributed by atoms with van der Waals surface area (Å²) in [5.74, 6) is 1.12. The number of rotatable bonds is 4. The Morgan fingerprint density at radius 2 is 2.11 bits per heavy atom. The van der Waals surface area contributed by atoms with E-state index < -0.39 is 0 Å². The van der Waals surface area contributed by atoms with Crippen molar-refractivity contribution in [1.29, 1.82) is 0 Å². The molecule has 0 spiro atoms. The summed E-state index contributed by atoms with van der Waals surface area (Å²) in [6.45, 7) is 6.49. The number of nitrogens with zero attached hydrogens (tertiary/aromatic N) is 4. The van der Waals surface area contributed by atoms with Gasteiger partial charge in [-0.3, -0.25) is 9.78 Å². The average Bonchev–Trinajstić information content (AvgIpc) is 3.06. The minimum Gasteiger partial charge on any atom is -0.495 e. The summed E-state index contributed by atoms with van der Waals surface area (Å²) >= 11 is 0. The molecule has 1 aliphatic heterocycles. The molecule has 4 heterocycles. The van der Waals surface area contributed by atoms with Crippen molar-refractivity contribution in [1.82, 2.24) is 24.9 Å². The SMILES string of the molecule is COC1=C(C(=O)NCc2ccc(C)nc2)CNc2c1c(C)nc1cc(C)nn21. The van der Waals surface area contributed by atoms with Gasteiger partial charge in [-0.25, -0.2) is 4.98 Å². The number of amides is 1. The van der Waals surface area contributed by atoms with Crippen molar-refractivity contribution < 1.29 is 9.53 Å². The Labute approximate surface area is 162 Å². The summed E-state index contributed by atoms with van der Waals surface area (Å²) < 4.78 is 7.39. The highest BCUT2D eigenvalue weighted by Crippen LogP contribution is 2.34. The van der Waals surface area contributed by atoms with E-state index in [2.05, 4.69) is 25.7 Å². The van der Waals surface area contributed by atoms with Crippen LogP contribution in [0.1, 0.15) is 28.2 Å². The number of hydrogen-bond donors (Lipinski definition) is 2. The number of pyridine rings is 1. The molecule has 3 aromatic heterocycles. The number of methoxy groups -OCH3 is 1. The van der Waals surface area contributed by atoms with Crippen LogP contribution < -0.4 is 10.6 Å². The smallest absolute Gasteiger partial charge is 0.253 e. The number of nitrogens with one attached hydrogen (secondary N) is 2. The van der Waals surface area contributed by atoms with E-state index in [1.54, 1.807) is 17.8 Å². The van der Waals surface area contributed by atoms with E-state index in [-0.39, 0.29) is 5.91 Å². The molecule has 0 unspecified atom stereocenters. The molecule has 1 amide bonds. The first-order chi connectivity index (χ1) is 13.5. The number of aryl methyl sites for hydroxylation is 3. The second-order valence-corrected chi connectivity index (χ2v) is 6.83. The molecule has 28 heavy (non-hydrogen) atoms. The lowest BCUT2D eigenvalue weighted by Crippen LogP contribution is -2.32. The molecule has 3 aromatic rings. The monoisotopic (exact) mass is 378 g/mol. The maximum Gasteiger partial charge on any atom is 0.253 e. The molecule has 0 saturated carbocycles. The summed E-state index contributed by atoms with van der Waals surface area (Å²) in [5.41, 5.74) is 5.58. The predicted octanol–water partition coefficient (Wildman–Crippen LogP) is 2.15. The van der Waals surface area contributed by atoms with Crippen LogP contribution in [-0.4, -0.2) is 39.1 Å². The Morgan fingerprint density at radius 1 is 1.29 bits per heavy atom. The highest BCUT2D eigenvalue weighted by molar-refractivity contribution is 6.03. The molecule has 4 rings (SSSR count). The van der Waals surface area contributed by atoms with Crippen LogP contribution in [0.5, 0.6) is 0 Å². The Bertz CT molecular complexity index is 1100. The zero-order valence-corrected chi connectivity index (χ0v) is 16.3. The summed E-state index contributed by atoms with van der Waals surface area (Å²) in [5, 5.41) is 10.7. The fourth-order valence-corrected chi connectivity index (χ4v) is 3.37. The fourth-order valence-electron chi connectivity index (χ4n) is 3.37. The van der Waals surface area contributed by atoms with Crippen molar-refractivity contribution in [2.24, 2.45) is 0 Å². The van der Waals surface area contributed by atoms with Crippen LogP contribution in [0.15, 0.2) is 30.0 Å². The van der Waals surface area contributed by atoms with Crippen LogP contribution in [0.4, 0.5) is 5.82 Å². The van der Waals surface area contributed by atoms with Crippen molar-refractivity contribution in [2.45, 2.75) is 27.3 Å². The van der Waals surface area contributed by atoms with E-state index in [0.29, 0.717) is 24.4 Å². The topological polar surface area (TPSA) is 93.4 Å². The largest absolute Gasteiger partial charge is 0.495 e. The van der Waals surface area contributed by atoms with Crippen molar-refractivity contribution in [3.63, 3.8) is 0 Å². The Morgan fingerprint density at radius 3 is 2.82 bits per heavy atom. The summed E-state index contributed by atoms with van der Waals surface area (Å²) in [7, 11) is 1.57. The normalized spacial score (nSPS) is 13.3. The summed E-state index contributed by atoms with van der Waals surface area (Å²) in [6.07, 6.45) is 1.76. The number of aromatic nitrogens is 4. The molecule has 8 nitrogen and oxygen atoms in total. The van der Waals surface area contributed by atoms with E-state index in [9.17, 15) is 4.79 Å². The molecule has 0 aromatic carbocycles. The maximum absolute atomic E-state index is 12.8. The molecule has 2 N–H and O–H groups in total. The van der Waals surface area contributed by atoms with Gasteiger partial charge in [0.2, 0.25) is 0 Å². The zero-order chi connectivity index (χ0) is 19.8. The minimum atomic E-state index is -0.188. The molecule has 0 radical (unpaired) electrons. The van der Waals surface area contributed by atoms with Crippen LogP contribution >= 0.6 is 0 Å². The highest BCUT2D eigenvalue weighted by atomic mass is 16.5. The second-order valence-electron chi connectivity index (χ2n) is 6.83. The van der Waals surface area contributed by atoms with Gasteiger partial charge < -0.3 is 15.4 Å². The van der Waals surface area contributed by atoms with Crippen LogP contribution in [0, 0.1) is 20.8 Å². The average molecular weight is 378 g/mol. The van der Waals surface area contributed by atoms with Gasteiger partial charge in [0, 0.05) is 24.5 Å². The molecule has 144 valence electrons. The van der Waals surface area contributed by atoms with E-state index in [1.807, 2.05) is 39.0 Å². The maximum atomic E-state index is 12.8. The van der Waals surface area contributed by atoms with Gasteiger partial charge >= 0.3 is 0 Å². The number of anilines is 1. The van der Waals surface area contributed by atoms with Gasteiger partial charge in [-0.2, -0.15) is 9.61 Å². The summed E-state index contributed by atoms with van der Waals surface area (Å²) in [6, 6.07) is 5.79. The number of carbonyl (C=O) groups is 1. The van der Waals surface area contributed by atoms with Gasteiger partial charge in [-0.15, -0.1) is 0 Å². The quantitative estimate of drug-likeness (QED) is 0.723. The molecule has 8 heteroatoms. The third kappa shape index (κ3) is 3.06. The molecule has 0 aliphatic carbocycles. The van der Waals surface area contributed by atoms with Crippen molar-refractivity contribution >= 4 is 23.1 Å². The van der Waals surface area contributed by atoms with Crippen LogP contribution in [0.25, 0.3) is 11.4 Å². The standard InChI is InChI=1S/C20H22N6O2/c1-11-5-6-14(8-21-11)9-23-20(27)15-10-22-19-17(18(15)28-4)13(3)24-16-7-12(2)25-26(16)19/h5-8,22H,9-10H2,1-4H3,(H,23,27). The van der Waals surface area contributed by atoms with Crippen molar-refractivity contribution in [3.8, 4) is 0 Å². The lowest BCUT2D eigenvalue weighted by Gasteiger charge is -2.24. The first-order valence-electron chi connectivity index (χ1n) is 9.06. The molecular formula is C20H22N6O2. The minimum absolute atomic E-state index is 0.188. The molecule has 0 bridgehead atoms. The number of ether oxygens (including phenoxy) is 1. The van der Waals surface area contributed by atoms with Crippen LogP contribution in [-0.2, 0) is 16.1 Å². The number of fused-ring (bicyclic) bond motifs is 3. The third-order valence-corrected chi connectivity index (χ3v) is 4.74. The van der Waals surface area contributed by atoms with Crippen molar-refractivity contribution in [2.75, 3.05) is 19.0 Å². The highest BCUT2D eigenvalue weighted by Gasteiger charge is 2.29. The van der Waals surface area contributed by atoms with Gasteiger partial charge in [0.05, 0.1) is 36.2 Å². The van der Waals surface area contributed by atoms with Crippen LogP contribution in [0.3, 0.4) is 0 Å². The zero-order valence-electron chi connectivity index (χ0n) is 16.3. The van der Waals surface area contributed by atoms with E-state index >= 15 is 0 Å². The molecule has 1 aliphatic rings. The first-order valence-corrected chi connectivity index (χ1v) is 9.06. The third-order valence-electron chi connectivity index (χ3n) is 4.74. The fraction of sp³-hybridized carbons (Fsp3) is 0.300. The molecule has 0 fully saturated rings. The second kappa shape index (κ2) is 6.95. The predicted molar refractivity (Wildman–Crippen MR) is 106 cm³/mol. The first kappa shape index (κ1) is 18.0. The van der Waals surface area contributed by atoms with Gasteiger partial charge in [0.1, 0.15) is 11.6 Å². The molecule has 0 saturated heterocycles. The number of hydrogen-bond acceptors (Lipinski definition) is 6.